The fraction of sp³-hybridized carbons (Fsp3) is 0.421. The lowest BCUT2D eigenvalue weighted by molar-refractivity contribution is -0.384. The molecule has 154 valence electrons. The maximum Gasteiger partial charge on any atom is 0.339 e. The molecule has 1 amide bonds. The lowest BCUT2D eigenvalue weighted by atomic mass is 10.1. The molecule has 1 aliphatic rings. The number of hydrogen-bond acceptors (Lipinski definition) is 7. The number of amides is 1. The van der Waals surface area contributed by atoms with Gasteiger partial charge in [0.05, 0.1) is 27.6 Å². The van der Waals surface area contributed by atoms with Crippen LogP contribution in [-0.2, 0) is 16.6 Å². The van der Waals surface area contributed by atoms with Crippen molar-refractivity contribution < 1.29 is 19.2 Å². The third-order valence-corrected chi connectivity index (χ3v) is 4.78. The van der Waals surface area contributed by atoms with Crippen molar-refractivity contribution in [3.63, 3.8) is 0 Å². The number of benzene rings is 1. The van der Waals surface area contributed by atoms with Gasteiger partial charge in [0.25, 0.3) is 11.6 Å². The summed E-state index contributed by atoms with van der Waals surface area (Å²) in [6.07, 6.45) is 0.831. The number of carbonyl (C=O) groups is 2. The minimum Gasteiger partial charge on any atom is -0.449 e. The number of rotatable bonds is 7. The maximum atomic E-state index is 12.4. The van der Waals surface area contributed by atoms with Crippen LogP contribution in [-0.4, -0.2) is 38.7 Å². The Hall–Kier alpha value is -3.43. The second kappa shape index (κ2) is 7.90. The number of anilines is 2. The number of hydrogen-bond donors (Lipinski definition) is 2. The summed E-state index contributed by atoms with van der Waals surface area (Å²) in [5, 5.41) is 21.3. The number of ether oxygens (including phenoxy) is 1. The fourth-order valence-electron chi connectivity index (χ4n) is 2.84. The predicted octanol–water partition coefficient (Wildman–Crippen LogP) is 2.70. The Morgan fingerprint density at radius 2 is 2.03 bits per heavy atom. The molecule has 1 aliphatic carbocycles. The Kier molecular flexibility index (Phi) is 5.53. The van der Waals surface area contributed by atoms with Crippen molar-refractivity contribution in [1.29, 1.82) is 0 Å². The molecule has 0 aliphatic heterocycles. The Balaban J connectivity index is 1.69. The first-order valence-electron chi connectivity index (χ1n) is 9.24. The molecule has 1 aromatic heterocycles. The standard InChI is InChI=1S/C19H23N5O5/c1-10-17(11(2)23(4)22-10)21-18(25)12(3)29-19(26)13-5-8-15(20-14-6-7-14)16(9-13)24(27)28/h5,8-9,12,14,20H,6-7H2,1-4H3,(H,21,25)/t12-/m0/s1. The van der Waals surface area contributed by atoms with Gasteiger partial charge >= 0.3 is 5.97 Å². The van der Waals surface area contributed by atoms with Gasteiger partial charge in [0.15, 0.2) is 6.10 Å². The highest BCUT2D eigenvalue weighted by molar-refractivity contribution is 5.98. The number of nitro benzene ring substituents is 1. The van der Waals surface area contributed by atoms with Gasteiger partial charge in [-0.05, 0) is 45.7 Å². The lowest BCUT2D eigenvalue weighted by Crippen LogP contribution is -2.30. The van der Waals surface area contributed by atoms with Gasteiger partial charge in [-0.15, -0.1) is 0 Å². The zero-order valence-electron chi connectivity index (χ0n) is 16.7. The zero-order valence-corrected chi connectivity index (χ0v) is 16.7. The second-order valence-corrected chi connectivity index (χ2v) is 7.11. The van der Waals surface area contributed by atoms with Crippen molar-refractivity contribution >= 4 is 28.9 Å². The maximum absolute atomic E-state index is 12.4. The molecule has 0 spiro atoms. The van der Waals surface area contributed by atoms with Gasteiger partial charge in [0.1, 0.15) is 5.69 Å². The van der Waals surface area contributed by atoms with Gasteiger partial charge in [0.2, 0.25) is 0 Å². The van der Waals surface area contributed by atoms with Crippen molar-refractivity contribution in [3.8, 4) is 0 Å². The number of esters is 1. The molecule has 0 unspecified atom stereocenters. The van der Waals surface area contributed by atoms with Crippen LogP contribution < -0.4 is 10.6 Å². The molecule has 1 heterocycles. The normalized spacial score (nSPS) is 14.2. The molecule has 3 rings (SSSR count). The number of nitrogens with one attached hydrogen (secondary N) is 2. The van der Waals surface area contributed by atoms with E-state index in [1.165, 1.54) is 19.1 Å². The van der Waals surface area contributed by atoms with Gasteiger partial charge in [0, 0.05) is 19.2 Å². The van der Waals surface area contributed by atoms with E-state index in [0.29, 0.717) is 17.1 Å². The number of aromatic nitrogens is 2. The molecule has 0 radical (unpaired) electrons. The highest BCUT2D eigenvalue weighted by Crippen LogP contribution is 2.31. The van der Waals surface area contributed by atoms with E-state index in [2.05, 4.69) is 15.7 Å². The van der Waals surface area contributed by atoms with Gasteiger partial charge < -0.3 is 15.4 Å². The van der Waals surface area contributed by atoms with E-state index in [0.717, 1.165) is 24.6 Å². The van der Waals surface area contributed by atoms with Gasteiger partial charge in [-0.25, -0.2) is 4.79 Å². The van der Waals surface area contributed by atoms with Crippen molar-refractivity contribution in [2.45, 2.75) is 45.8 Å². The van der Waals surface area contributed by atoms with E-state index in [4.69, 9.17) is 4.74 Å². The molecular formula is C19H23N5O5. The minimum absolute atomic E-state index is 0.00596. The van der Waals surface area contributed by atoms with Crippen LogP contribution in [0.25, 0.3) is 0 Å². The van der Waals surface area contributed by atoms with E-state index in [1.54, 1.807) is 18.7 Å². The third kappa shape index (κ3) is 4.53. The number of carbonyl (C=O) groups excluding carboxylic acids is 2. The van der Waals surface area contributed by atoms with Crippen LogP contribution in [0.4, 0.5) is 17.1 Å². The van der Waals surface area contributed by atoms with Crippen LogP contribution in [0, 0.1) is 24.0 Å². The van der Waals surface area contributed by atoms with Crippen molar-refractivity contribution in [2.24, 2.45) is 7.05 Å². The fourth-order valence-corrected chi connectivity index (χ4v) is 2.84. The van der Waals surface area contributed by atoms with E-state index < -0.39 is 22.9 Å². The monoisotopic (exact) mass is 401 g/mol. The van der Waals surface area contributed by atoms with Crippen LogP contribution in [0.15, 0.2) is 18.2 Å². The molecule has 2 N–H and O–H groups in total. The molecule has 2 aromatic rings. The quantitative estimate of drug-likeness (QED) is 0.415. The van der Waals surface area contributed by atoms with Crippen LogP contribution >= 0.6 is 0 Å². The van der Waals surface area contributed by atoms with E-state index >= 15 is 0 Å². The molecule has 1 saturated carbocycles. The number of nitrogens with zero attached hydrogens (tertiary/aromatic N) is 3. The average Bonchev–Trinajstić information content (AvgIpc) is 3.45. The van der Waals surface area contributed by atoms with E-state index in [1.807, 2.05) is 6.92 Å². The largest absolute Gasteiger partial charge is 0.449 e. The summed E-state index contributed by atoms with van der Waals surface area (Å²) in [7, 11) is 1.76. The summed E-state index contributed by atoms with van der Waals surface area (Å²) in [4.78, 5) is 35.6. The van der Waals surface area contributed by atoms with Crippen molar-refractivity contribution in [2.75, 3.05) is 10.6 Å². The molecule has 29 heavy (non-hydrogen) atoms. The summed E-state index contributed by atoms with van der Waals surface area (Å²) in [6, 6.07) is 4.32. The smallest absolute Gasteiger partial charge is 0.339 e. The Labute approximate surface area is 167 Å². The molecule has 10 nitrogen and oxygen atoms in total. The molecule has 0 saturated heterocycles. The molecule has 10 heteroatoms. The van der Waals surface area contributed by atoms with Gasteiger partial charge in [-0.1, -0.05) is 0 Å². The van der Waals surface area contributed by atoms with Crippen LogP contribution in [0.1, 0.15) is 41.5 Å². The lowest BCUT2D eigenvalue weighted by Gasteiger charge is -2.14. The number of aryl methyl sites for hydroxylation is 2. The second-order valence-electron chi connectivity index (χ2n) is 7.11. The summed E-state index contributed by atoms with van der Waals surface area (Å²) in [5.41, 5.74) is 2.14. The molecule has 1 atom stereocenters. The van der Waals surface area contributed by atoms with Gasteiger partial charge in [-0.3, -0.25) is 19.6 Å². The third-order valence-electron chi connectivity index (χ3n) is 4.78. The van der Waals surface area contributed by atoms with Gasteiger partial charge in [-0.2, -0.15) is 5.10 Å². The molecule has 0 bridgehead atoms. The van der Waals surface area contributed by atoms with Crippen LogP contribution in [0.3, 0.4) is 0 Å². The average molecular weight is 401 g/mol. The summed E-state index contributed by atoms with van der Waals surface area (Å²) >= 11 is 0. The Morgan fingerprint density at radius 3 is 2.59 bits per heavy atom. The molecule has 1 aromatic carbocycles. The molecular weight excluding hydrogens is 378 g/mol. The first kappa shape index (κ1) is 20.3. The Morgan fingerprint density at radius 1 is 1.34 bits per heavy atom. The van der Waals surface area contributed by atoms with Crippen molar-refractivity contribution in [3.05, 3.63) is 45.3 Å². The summed E-state index contributed by atoms with van der Waals surface area (Å²) < 4.78 is 6.84. The molecule has 1 fully saturated rings. The topological polar surface area (TPSA) is 128 Å². The first-order valence-corrected chi connectivity index (χ1v) is 9.24. The summed E-state index contributed by atoms with van der Waals surface area (Å²) in [5.74, 6) is -1.33. The highest BCUT2D eigenvalue weighted by Gasteiger charge is 2.27. The SMILES string of the molecule is Cc1nn(C)c(C)c1NC(=O)[C@H](C)OC(=O)c1ccc(NC2CC2)c([N+](=O)[O-])c1. The Bertz CT molecular complexity index is 980. The van der Waals surface area contributed by atoms with Crippen LogP contribution in [0.2, 0.25) is 0 Å². The van der Waals surface area contributed by atoms with Crippen LogP contribution in [0.5, 0.6) is 0 Å². The predicted molar refractivity (Wildman–Crippen MR) is 106 cm³/mol. The van der Waals surface area contributed by atoms with E-state index in [-0.39, 0.29) is 17.3 Å². The number of nitro groups is 1. The highest BCUT2D eigenvalue weighted by atomic mass is 16.6. The zero-order chi connectivity index (χ0) is 21.3. The first-order chi connectivity index (χ1) is 13.7. The van der Waals surface area contributed by atoms with E-state index in [9.17, 15) is 19.7 Å². The minimum atomic E-state index is -1.09. The van der Waals surface area contributed by atoms with Crippen molar-refractivity contribution in [1.82, 2.24) is 9.78 Å². The summed E-state index contributed by atoms with van der Waals surface area (Å²) in [6.45, 7) is 5.00.